The molecule has 0 saturated carbocycles. The Morgan fingerprint density at radius 2 is 1.70 bits per heavy atom. The molecule has 65 valence electrons. The second kappa shape index (κ2) is 11.8. The van der Waals surface area contributed by atoms with E-state index in [9.17, 15) is 4.79 Å². The molecule has 0 aromatic rings. The molecule has 0 bridgehead atoms. The van der Waals surface area contributed by atoms with Crippen molar-refractivity contribution in [1.82, 2.24) is 6.15 Å². The third kappa shape index (κ3) is 24.3. The average Bonchev–Trinajstić information content (AvgIpc) is 1.27. The van der Waals surface area contributed by atoms with Crippen LogP contribution in [0.4, 0.5) is 0 Å². The van der Waals surface area contributed by atoms with Crippen molar-refractivity contribution in [2.24, 2.45) is 0 Å². The van der Waals surface area contributed by atoms with Crippen molar-refractivity contribution in [3.63, 3.8) is 0 Å². The summed E-state index contributed by atoms with van der Waals surface area (Å²) in [6.07, 6.45) is 0.306. The Hall–Kier alpha value is 0.0965. The summed E-state index contributed by atoms with van der Waals surface area (Å²) in [5.41, 5.74) is 0.438. The first-order chi connectivity index (χ1) is 3.13. The van der Waals surface area contributed by atoms with Gasteiger partial charge in [0, 0.05) is 28.9 Å². The predicted octanol–water partition coefficient (Wildman–Crippen LogP) is -1.83. The van der Waals surface area contributed by atoms with Gasteiger partial charge < -0.3 is 24.0 Å². The first-order valence-corrected chi connectivity index (χ1v) is 2.16. The molecule has 3 nitrogen and oxygen atoms in total. The van der Waals surface area contributed by atoms with Crippen LogP contribution < -0.4 is 18.6 Å². The SMILES string of the molecule is CC(=N)CC(C)=O.N.[Cl-].[Co]. The number of ketones is 1. The standard InChI is InChI=1S/C5H9NO.ClH.Co.H3N/c1-4(6)3-5(2)7;;;/h6H,3H2,1-2H3;1H;;1H3/p-1. The molecular formula is C5H12ClCoN2O-. The summed E-state index contributed by atoms with van der Waals surface area (Å²) in [6.45, 7) is 3.11. The van der Waals surface area contributed by atoms with E-state index in [0.717, 1.165) is 0 Å². The summed E-state index contributed by atoms with van der Waals surface area (Å²) in [4.78, 5) is 10.1. The Labute approximate surface area is 77.7 Å². The summed E-state index contributed by atoms with van der Waals surface area (Å²) >= 11 is 0. The fraction of sp³-hybridized carbons (Fsp3) is 0.600. The minimum Gasteiger partial charge on any atom is -1.00 e. The van der Waals surface area contributed by atoms with Crippen molar-refractivity contribution in [2.75, 3.05) is 0 Å². The number of hydrogen-bond acceptors (Lipinski definition) is 3. The number of carbonyl (C=O) groups is 1. The number of rotatable bonds is 2. The van der Waals surface area contributed by atoms with Gasteiger partial charge in [0.05, 0.1) is 0 Å². The van der Waals surface area contributed by atoms with E-state index >= 15 is 0 Å². The molecule has 0 saturated heterocycles. The van der Waals surface area contributed by atoms with Crippen LogP contribution in [0.5, 0.6) is 0 Å². The molecule has 5 heteroatoms. The number of halogens is 1. The maximum Gasteiger partial charge on any atom is 0.135 e. The van der Waals surface area contributed by atoms with Crippen LogP contribution in [0.1, 0.15) is 20.3 Å². The molecule has 0 aromatic carbocycles. The Bertz CT molecular complexity index is 95.8. The summed E-state index contributed by atoms with van der Waals surface area (Å²) in [5, 5.41) is 6.80. The summed E-state index contributed by atoms with van der Waals surface area (Å²) in [5.74, 6) is 0.0625. The average molecular weight is 211 g/mol. The van der Waals surface area contributed by atoms with Crippen LogP contribution in [0.15, 0.2) is 0 Å². The third-order valence-electron chi connectivity index (χ3n) is 0.514. The number of nitrogens with one attached hydrogen (secondary N) is 1. The van der Waals surface area contributed by atoms with Gasteiger partial charge in [-0.2, -0.15) is 0 Å². The first-order valence-electron chi connectivity index (χ1n) is 2.16. The van der Waals surface area contributed by atoms with E-state index in [1.165, 1.54) is 6.92 Å². The van der Waals surface area contributed by atoms with Crippen LogP contribution in [0.3, 0.4) is 0 Å². The number of carbonyl (C=O) groups excluding carboxylic acids is 1. The molecule has 0 spiro atoms. The van der Waals surface area contributed by atoms with Crippen molar-refractivity contribution in [1.29, 1.82) is 5.41 Å². The van der Waals surface area contributed by atoms with Crippen LogP contribution in [0.25, 0.3) is 0 Å². The van der Waals surface area contributed by atoms with Gasteiger partial charge in [-0.15, -0.1) is 0 Å². The summed E-state index contributed by atoms with van der Waals surface area (Å²) < 4.78 is 0. The number of hydrogen-bond donors (Lipinski definition) is 2. The maximum atomic E-state index is 10.1. The molecule has 0 heterocycles. The van der Waals surface area contributed by atoms with E-state index in [4.69, 9.17) is 5.41 Å². The second-order valence-electron chi connectivity index (χ2n) is 1.66. The molecule has 0 rings (SSSR count). The van der Waals surface area contributed by atoms with Gasteiger partial charge in [-0.1, -0.05) is 0 Å². The normalized spacial score (nSPS) is 5.80. The summed E-state index contributed by atoms with van der Waals surface area (Å²) in [6, 6.07) is 0. The van der Waals surface area contributed by atoms with Gasteiger partial charge in [-0.25, -0.2) is 0 Å². The molecular weight excluding hydrogens is 198 g/mol. The van der Waals surface area contributed by atoms with E-state index in [1.807, 2.05) is 0 Å². The molecule has 0 unspecified atom stereocenters. The smallest absolute Gasteiger partial charge is 0.135 e. The second-order valence-corrected chi connectivity index (χ2v) is 1.66. The minimum atomic E-state index is 0. The van der Waals surface area contributed by atoms with Gasteiger partial charge in [-0.05, 0) is 13.8 Å². The molecule has 0 aliphatic rings. The summed E-state index contributed by atoms with van der Waals surface area (Å²) in [7, 11) is 0. The monoisotopic (exact) mass is 210 g/mol. The van der Waals surface area contributed by atoms with Crippen LogP contribution in [0.2, 0.25) is 0 Å². The zero-order chi connectivity index (χ0) is 5.86. The largest absolute Gasteiger partial charge is 1.00 e. The van der Waals surface area contributed by atoms with Crippen molar-refractivity contribution in [3.05, 3.63) is 0 Å². The first kappa shape index (κ1) is 22.5. The fourth-order valence-electron chi connectivity index (χ4n) is 0.373. The van der Waals surface area contributed by atoms with Crippen molar-refractivity contribution in [2.45, 2.75) is 20.3 Å². The maximum absolute atomic E-state index is 10.1. The Kier molecular flexibility index (Phi) is 26.6. The quantitative estimate of drug-likeness (QED) is 0.526. The fourth-order valence-corrected chi connectivity index (χ4v) is 0.373. The van der Waals surface area contributed by atoms with Gasteiger partial charge in [-0.3, -0.25) is 4.79 Å². The Morgan fingerprint density at radius 1 is 1.40 bits per heavy atom. The van der Waals surface area contributed by atoms with Crippen molar-refractivity contribution >= 4 is 11.5 Å². The van der Waals surface area contributed by atoms with Crippen molar-refractivity contribution < 1.29 is 34.0 Å². The third-order valence-corrected chi connectivity index (χ3v) is 0.514. The predicted molar refractivity (Wildman–Crippen MR) is 33.7 cm³/mol. The molecule has 0 fully saturated rings. The molecule has 0 aromatic heterocycles. The number of Topliss-reactive ketones (excluding diaryl/α,β-unsaturated/α-hetero) is 1. The van der Waals surface area contributed by atoms with Gasteiger partial charge in [0.2, 0.25) is 0 Å². The van der Waals surface area contributed by atoms with Gasteiger partial charge >= 0.3 is 0 Å². The van der Waals surface area contributed by atoms with Crippen LogP contribution >= 0.6 is 0 Å². The Morgan fingerprint density at radius 3 is 1.70 bits per heavy atom. The van der Waals surface area contributed by atoms with Gasteiger partial charge in [0.25, 0.3) is 0 Å². The van der Waals surface area contributed by atoms with E-state index in [-0.39, 0.29) is 41.1 Å². The minimum absolute atomic E-state index is 0. The molecule has 0 aliphatic carbocycles. The van der Waals surface area contributed by atoms with Gasteiger partial charge in [0.1, 0.15) is 5.78 Å². The van der Waals surface area contributed by atoms with Gasteiger partial charge in [0.15, 0.2) is 0 Å². The molecule has 4 N–H and O–H groups in total. The molecule has 10 heavy (non-hydrogen) atoms. The zero-order valence-electron chi connectivity index (χ0n) is 6.03. The van der Waals surface area contributed by atoms with E-state index in [1.54, 1.807) is 6.92 Å². The van der Waals surface area contributed by atoms with E-state index in [2.05, 4.69) is 0 Å². The molecule has 1 radical (unpaired) electrons. The van der Waals surface area contributed by atoms with Crippen LogP contribution in [-0.2, 0) is 21.6 Å². The molecule has 0 atom stereocenters. The molecule has 0 amide bonds. The zero-order valence-corrected chi connectivity index (χ0v) is 7.83. The van der Waals surface area contributed by atoms with Crippen LogP contribution in [0, 0.1) is 5.41 Å². The van der Waals surface area contributed by atoms with E-state index < -0.39 is 0 Å². The van der Waals surface area contributed by atoms with Crippen LogP contribution in [-0.4, -0.2) is 11.5 Å². The van der Waals surface area contributed by atoms with E-state index in [0.29, 0.717) is 12.1 Å². The van der Waals surface area contributed by atoms with Crippen molar-refractivity contribution in [3.8, 4) is 0 Å². The topological polar surface area (TPSA) is 75.9 Å². The molecule has 0 aliphatic heterocycles. The Balaban J connectivity index is -0.0000000600.